The van der Waals surface area contributed by atoms with E-state index in [1.165, 1.54) is 0 Å². The van der Waals surface area contributed by atoms with Crippen LogP contribution < -0.4 is 5.56 Å². The highest BCUT2D eigenvalue weighted by molar-refractivity contribution is 6.30. The molecule has 2 aromatic rings. The predicted octanol–water partition coefficient (Wildman–Crippen LogP) is 1.96. The van der Waals surface area contributed by atoms with Gasteiger partial charge in [-0.15, -0.1) is 0 Å². The Labute approximate surface area is 144 Å². The Morgan fingerprint density at radius 3 is 2.67 bits per heavy atom. The number of benzene rings is 1. The monoisotopic (exact) mass is 347 g/mol. The summed E-state index contributed by atoms with van der Waals surface area (Å²) in [7, 11) is 0. The highest BCUT2D eigenvalue weighted by Crippen LogP contribution is 2.10. The minimum atomic E-state index is -0.906. The van der Waals surface area contributed by atoms with Crippen LogP contribution >= 0.6 is 11.6 Å². The van der Waals surface area contributed by atoms with Gasteiger partial charge in [0.15, 0.2) is 0 Å². The highest BCUT2D eigenvalue weighted by Gasteiger charge is 2.14. The molecule has 0 amide bonds. The lowest BCUT2D eigenvalue weighted by Gasteiger charge is -2.14. The van der Waals surface area contributed by atoms with Crippen LogP contribution in [0.25, 0.3) is 0 Å². The van der Waals surface area contributed by atoms with Gasteiger partial charge in [-0.25, -0.2) is 4.68 Å². The van der Waals surface area contributed by atoms with Crippen molar-refractivity contribution in [3.63, 3.8) is 0 Å². The maximum absolute atomic E-state index is 12.1. The lowest BCUT2D eigenvalue weighted by Crippen LogP contribution is -2.33. The number of ether oxygens (including phenoxy) is 1. The molecule has 0 bridgehead atoms. The van der Waals surface area contributed by atoms with Crippen LogP contribution in [0.3, 0.4) is 0 Å². The summed E-state index contributed by atoms with van der Waals surface area (Å²) in [6.07, 6.45) is -0.906. The molecule has 24 heavy (non-hydrogen) atoms. The molecule has 0 spiro atoms. The van der Waals surface area contributed by atoms with E-state index in [-0.39, 0.29) is 18.7 Å². The van der Waals surface area contributed by atoms with Crippen LogP contribution in [0.2, 0.25) is 5.02 Å². The van der Waals surface area contributed by atoms with Gasteiger partial charge in [0.1, 0.15) is 11.6 Å². The lowest BCUT2D eigenvalue weighted by molar-refractivity contribution is 0.0179. The number of aromatic nitrogens is 2. The van der Waals surface area contributed by atoms with E-state index in [0.717, 1.165) is 10.2 Å². The number of nitrogens with zero attached hydrogens (tertiary/aromatic N) is 3. The summed E-state index contributed by atoms with van der Waals surface area (Å²) in [6.45, 7) is 3.74. The van der Waals surface area contributed by atoms with E-state index >= 15 is 0 Å². The van der Waals surface area contributed by atoms with Crippen molar-refractivity contribution in [2.75, 3.05) is 6.61 Å². The fraction of sp³-hybridized carbons (Fsp3) is 0.353. The zero-order valence-corrected chi connectivity index (χ0v) is 14.2. The van der Waals surface area contributed by atoms with Gasteiger partial charge in [-0.05, 0) is 37.1 Å². The topological polar surface area (TPSA) is 88.1 Å². The predicted molar refractivity (Wildman–Crippen MR) is 89.8 cm³/mol. The van der Waals surface area contributed by atoms with Crippen LogP contribution in [0.5, 0.6) is 0 Å². The van der Waals surface area contributed by atoms with Crippen molar-refractivity contribution in [1.29, 1.82) is 5.26 Å². The van der Waals surface area contributed by atoms with E-state index in [2.05, 4.69) is 5.10 Å². The van der Waals surface area contributed by atoms with E-state index < -0.39 is 11.7 Å². The largest absolute Gasteiger partial charge is 0.389 e. The average molecular weight is 348 g/mol. The van der Waals surface area contributed by atoms with Crippen LogP contribution in [0.4, 0.5) is 0 Å². The molecular weight excluding hydrogens is 330 g/mol. The third-order valence-corrected chi connectivity index (χ3v) is 3.88. The SMILES string of the molecule is Cc1nn(C[C@H](O)COCc2ccc(Cl)cc2)c(=O)c(C#N)c1C. The lowest BCUT2D eigenvalue weighted by atomic mass is 10.1. The first kappa shape index (κ1) is 18.1. The number of hydrogen-bond acceptors (Lipinski definition) is 5. The Bertz CT molecular complexity index is 810. The van der Waals surface area contributed by atoms with Gasteiger partial charge in [0.2, 0.25) is 0 Å². The van der Waals surface area contributed by atoms with Crippen LogP contribution in [0.15, 0.2) is 29.1 Å². The van der Waals surface area contributed by atoms with Crippen molar-refractivity contribution in [3.05, 3.63) is 62.0 Å². The minimum Gasteiger partial charge on any atom is -0.389 e. The molecule has 0 fully saturated rings. The molecule has 1 heterocycles. The van der Waals surface area contributed by atoms with Crippen LogP contribution in [0, 0.1) is 25.2 Å². The van der Waals surface area contributed by atoms with Crippen molar-refractivity contribution in [2.45, 2.75) is 33.1 Å². The number of nitriles is 1. The number of rotatable bonds is 6. The molecule has 6 nitrogen and oxygen atoms in total. The zero-order chi connectivity index (χ0) is 17.7. The minimum absolute atomic E-state index is 0.0325. The molecule has 0 unspecified atom stereocenters. The molecule has 0 radical (unpaired) electrons. The molecule has 126 valence electrons. The van der Waals surface area contributed by atoms with E-state index in [1.807, 2.05) is 18.2 Å². The molecule has 0 aliphatic rings. The number of aliphatic hydroxyl groups is 1. The fourth-order valence-corrected chi connectivity index (χ4v) is 2.30. The Kier molecular flexibility index (Phi) is 6.10. The van der Waals surface area contributed by atoms with Gasteiger partial charge in [0.25, 0.3) is 5.56 Å². The van der Waals surface area contributed by atoms with Crippen molar-refractivity contribution < 1.29 is 9.84 Å². The van der Waals surface area contributed by atoms with Gasteiger partial charge in [-0.3, -0.25) is 4.79 Å². The molecule has 2 rings (SSSR count). The number of hydrogen-bond donors (Lipinski definition) is 1. The summed E-state index contributed by atoms with van der Waals surface area (Å²) in [5.41, 5.74) is 1.63. The summed E-state index contributed by atoms with van der Waals surface area (Å²) < 4.78 is 6.55. The van der Waals surface area contributed by atoms with Gasteiger partial charge in [-0.1, -0.05) is 23.7 Å². The highest BCUT2D eigenvalue weighted by atomic mass is 35.5. The molecule has 1 atom stereocenters. The molecule has 7 heteroatoms. The second-order valence-corrected chi connectivity index (χ2v) is 5.92. The van der Waals surface area contributed by atoms with Gasteiger partial charge >= 0.3 is 0 Å². The normalized spacial score (nSPS) is 12.0. The Balaban J connectivity index is 1.96. The van der Waals surface area contributed by atoms with Gasteiger partial charge in [-0.2, -0.15) is 10.4 Å². The van der Waals surface area contributed by atoms with E-state index in [0.29, 0.717) is 22.9 Å². The Hall–Kier alpha value is -2.20. The van der Waals surface area contributed by atoms with Gasteiger partial charge in [0.05, 0.1) is 31.6 Å². The van der Waals surface area contributed by atoms with Crippen molar-refractivity contribution >= 4 is 11.6 Å². The molecule has 1 N–H and O–H groups in total. The summed E-state index contributed by atoms with van der Waals surface area (Å²) in [5, 5.41) is 23.9. The third-order valence-electron chi connectivity index (χ3n) is 3.62. The summed E-state index contributed by atoms with van der Waals surface area (Å²) in [6, 6.07) is 9.09. The van der Waals surface area contributed by atoms with Crippen LogP contribution in [-0.4, -0.2) is 27.6 Å². The van der Waals surface area contributed by atoms with Crippen molar-refractivity contribution in [1.82, 2.24) is 9.78 Å². The first-order valence-corrected chi connectivity index (χ1v) is 7.79. The van der Waals surface area contributed by atoms with Crippen molar-refractivity contribution in [2.24, 2.45) is 0 Å². The Morgan fingerprint density at radius 2 is 2.04 bits per heavy atom. The summed E-state index contributed by atoms with van der Waals surface area (Å²) >= 11 is 5.81. The van der Waals surface area contributed by atoms with Crippen molar-refractivity contribution in [3.8, 4) is 6.07 Å². The Morgan fingerprint density at radius 1 is 1.38 bits per heavy atom. The van der Waals surface area contributed by atoms with Crippen LogP contribution in [-0.2, 0) is 17.9 Å². The molecule has 1 aromatic carbocycles. The molecule has 1 aromatic heterocycles. The van der Waals surface area contributed by atoms with Crippen LogP contribution in [0.1, 0.15) is 22.4 Å². The standard InChI is InChI=1S/C17H18ClN3O3/c1-11-12(2)20-21(17(23)16(11)7-19)8-15(22)10-24-9-13-3-5-14(18)6-4-13/h3-6,15,22H,8-10H2,1-2H3/t15-/m0/s1. The van der Waals surface area contributed by atoms with Gasteiger partial charge in [0, 0.05) is 5.02 Å². The van der Waals surface area contributed by atoms with E-state index in [9.17, 15) is 9.90 Å². The fourth-order valence-electron chi connectivity index (χ4n) is 2.17. The number of halogens is 1. The maximum atomic E-state index is 12.1. The molecule has 0 saturated carbocycles. The molecular formula is C17H18ClN3O3. The molecule has 0 saturated heterocycles. The molecule has 0 aliphatic heterocycles. The number of aliphatic hydroxyl groups excluding tert-OH is 1. The average Bonchev–Trinajstić information content (AvgIpc) is 2.55. The smallest absolute Gasteiger partial charge is 0.285 e. The van der Waals surface area contributed by atoms with Gasteiger partial charge < -0.3 is 9.84 Å². The summed E-state index contributed by atoms with van der Waals surface area (Å²) in [4.78, 5) is 12.1. The van der Waals surface area contributed by atoms with E-state index in [4.69, 9.17) is 21.6 Å². The zero-order valence-electron chi connectivity index (χ0n) is 13.5. The van der Waals surface area contributed by atoms with E-state index in [1.54, 1.807) is 26.0 Å². The first-order chi connectivity index (χ1) is 11.4. The second kappa shape index (κ2) is 8.06. The third kappa shape index (κ3) is 4.42. The molecule has 0 aliphatic carbocycles. The number of aryl methyl sites for hydroxylation is 1. The second-order valence-electron chi connectivity index (χ2n) is 5.48. The maximum Gasteiger partial charge on any atom is 0.285 e. The summed E-state index contributed by atoms with van der Waals surface area (Å²) in [5.74, 6) is 0. The quantitative estimate of drug-likeness (QED) is 0.863. The first-order valence-electron chi connectivity index (χ1n) is 7.41.